The molecule has 8 heteroatoms. The average molecular weight is 525 g/mol. The fraction of sp³-hybridized carbons (Fsp3) is 0.276. The fourth-order valence-electron chi connectivity index (χ4n) is 4.13. The molecular weight excluding hydrogens is 493 g/mol. The average Bonchev–Trinajstić information content (AvgIpc) is 3.26. The third-order valence-corrected chi connectivity index (χ3v) is 8.00. The number of halogens is 3. The standard InChI is InChI=1S/C29H31F3N2O2Si/c1-37(2,3)16-15-36-19-34-14-13-21-20(7-4-12-27(21)34)17-28(35)22-8-5-11-26(29(22)32)33-18-23-24(30)9-6-10-25(23)31/h4-14,33H,15-19H2,1-3H3. The number of aromatic nitrogens is 1. The highest BCUT2D eigenvalue weighted by Crippen LogP contribution is 2.25. The third kappa shape index (κ3) is 6.50. The Morgan fingerprint density at radius 2 is 1.65 bits per heavy atom. The number of hydrogen-bond acceptors (Lipinski definition) is 3. The molecule has 1 heterocycles. The molecule has 0 saturated heterocycles. The van der Waals surface area contributed by atoms with Crippen LogP contribution >= 0.6 is 0 Å². The van der Waals surface area contributed by atoms with E-state index in [0.717, 1.165) is 34.6 Å². The predicted octanol–water partition coefficient (Wildman–Crippen LogP) is 7.41. The zero-order chi connectivity index (χ0) is 26.6. The Labute approximate surface area is 216 Å². The van der Waals surface area contributed by atoms with E-state index in [2.05, 4.69) is 25.0 Å². The van der Waals surface area contributed by atoms with E-state index in [-0.39, 0.29) is 35.6 Å². The van der Waals surface area contributed by atoms with Crippen molar-refractivity contribution in [3.63, 3.8) is 0 Å². The van der Waals surface area contributed by atoms with Crippen LogP contribution in [0.15, 0.2) is 66.9 Å². The van der Waals surface area contributed by atoms with E-state index in [1.807, 2.05) is 35.0 Å². The van der Waals surface area contributed by atoms with Crippen molar-refractivity contribution in [2.45, 2.75) is 45.4 Å². The molecule has 0 aliphatic carbocycles. The van der Waals surface area contributed by atoms with Crippen LogP contribution in [-0.2, 0) is 24.4 Å². The molecule has 1 aromatic heterocycles. The Kier molecular flexibility index (Phi) is 8.19. The molecule has 1 N–H and O–H groups in total. The molecule has 0 fully saturated rings. The molecule has 0 radical (unpaired) electrons. The molecule has 0 spiro atoms. The first-order valence-corrected chi connectivity index (χ1v) is 16.0. The minimum absolute atomic E-state index is 0.00771. The van der Waals surface area contributed by atoms with Gasteiger partial charge in [-0.05, 0) is 48.0 Å². The van der Waals surface area contributed by atoms with Crippen molar-refractivity contribution >= 4 is 30.4 Å². The largest absolute Gasteiger partial charge is 0.378 e. The number of rotatable bonds is 11. The number of hydrogen-bond donors (Lipinski definition) is 1. The van der Waals surface area contributed by atoms with Gasteiger partial charge in [0.15, 0.2) is 11.6 Å². The molecule has 0 unspecified atom stereocenters. The van der Waals surface area contributed by atoms with Gasteiger partial charge in [0.25, 0.3) is 0 Å². The fourth-order valence-corrected chi connectivity index (χ4v) is 4.89. The van der Waals surface area contributed by atoms with Gasteiger partial charge in [-0.25, -0.2) is 13.2 Å². The molecule has 4 aromatic rings. The zero-order valence-corrected chi connectivity index (χ0v) is 22.3. The van der Waals surface area contributed by atoms with Gasteiger partial charge in [-0.15, -0.1) is 0 Å². The molecule has 37 heavy (non-hydrogen) atoms. The Morgan fingerprint density at radius 3 is 2.38 bits per heavy atom. The van der Waals surface area contributed by atoms with Crippen molar-refractivity contribution in [1.82, 2.24) is 4.57 Å². The Bertz CT molecular complexity index is 1390. The SMILES string of the molecule is C[Si](C)(C)CCOCn1ccc2c(CC(=O)c3cccc(NCc4c(F)cccc4F)c3F)cccc21. The smallest absolute Gasteiger partial charge is 0.170 e. The second-order valence-electron chi connectivity index (χ2n) is 10.3. The predicted molar refractivity (Wildman–Crippen MR) is 144 cm³/mol. The Balaban J connectivity index is 1.47. The van der Waals surface area contributed by atoms with Crippen molar-refractivity contribution in [3.05, 3.63) is 101 Å². The lowest BCUT2D eigenvalue weighted by atomic mass is 9.99. The van der Waals surface area contributed by atoms with Crippen molar-refractivity contribution < 1.29 is 22.7 Å². The summed E-state index contributed by atoms with van der Waals surface area (Å²) in [6.07, 6.45) is 1.94. The van der Waals surface area contributed by atoms with Crippen LogP contribution in [0, 0.1) is 17.5 Å². The summed E-state index contributed by atoms with van der Waals surface area (Å²) in [5.74, 6) is -2.57. The summed E-state index contributed by atoms with van der Waals surface area (Å²) in [6, 6.07) is 16.7. The maximum atomic E-state index is 15.2. The normalized spacial score (nSPS) is 11.7. The Hall–Kier alpha value is -3.36. The number of ether oxygens (including phenoxy) is 1. The number of nitrogens with zero attached hydrogens (tertiary/aromatic N) is 1. The molecule has 3 aromatic carbocycles. The second-order valence-corrected chi connectivity index (χ2v) is 15.9. The number of carbonyl (C=O) groups excluding carboxylic acids is 1. The molecule has 0 atom stereocenters. The topological polar surface area (TPSA) is 43.3 Å². The molecule has 0 amide bonds. The minimum atomic E-state index is -1.17. The van der Waals surface area contributed by atoms with E-state index < -0.39 is 25.5 Å². The van der Waals surface area contributed by atoms with E-state index in [1.165, 1.54) is 18.2 Å². The van der Waals surface area contributed by atoms with Gasteiger partial charge in [-0.3, -0.25) is 4.79 Å². The van der Waals surface area contributed by atoms with Crippen molar-refractivity contribution in [1.29, 1.82) is 0 Å². The lowest BCUT2D eigenvalue weighted by molar-refractivity contribution is 0.0902. The van der Waals surface area contributed by atoms with Gasteiger partial charge in [-0.1, -0.05) is 43.9 Å². The number of nitrogens with one attached hydrogen (secondary N) is 1. The zero-order valence-electron chi connectivity index (χ0n) is 21.3. The van der Waals surface area contributed by atoms with E-state index in [1.54, 1.807) is 6.07 Å². The van der Waals surface area contributed by atoms with E-state index in [0.29, 0.717) is 13.3 Å². The van der Waals surface area contributed by atoms with Crippen molar-refractivity contribution in [2.24, 2.45) is 0 Å². The highest BCUT2D eigenvalue weighted by Gasteiger charge is 2.18. The van der Waals surface area contributed by atoms with Crippen LogP contribution in [-0.4, -0.2) is 25.0 Å². The first kappa shape index (κ1) is 26.7. The van der Waals surface area contributed by atoms with Gasteiger partial charge >= 0.3 is 0 Å². The summed E-state index contributed by atoms with van der Waals surface area (Å²) in [6.45, 7) is 7.81. The first-order valence-electron chi connectivity index (χ1n) is 12.3. The monoisotopic (exact) mass is 524 g/mol. The Morgan fingerprint density at radius 1 is 0.946 bits per heavy atom. The van der Waals surface area contributed by atoms with Crippen LogP contribution in [0.25, 0.3) is 10.9 Å². The summed E-state index contributed by atoms with van der Waals surface area (Å²) in [7, 11) is -1.17. The summed E-state index contributed by atoms with van der Waals surface area (Å²) in [5.41, 5.74) is 1.47. The van der Waals surface area contributed by atoms with Gasteiger partial charge in [-0.2, -0.15) is 0 Å². The van der Waals surface area contributed by atoms with Gasteiger partial charge < -0.3 is 14.6 Å². The maximum Gasteiger partial charge on any atom is 0.170 e. The second kappa shape index (κ2) is 11.4. The van der Waals surface area contributed by atoms with Crippen molar-refractivity contribution in [3.8, 4) is 0 Å². The number of Topliss-reactive ketones (excluding diaryl/α,β-unsaturated/α-hetero) is 1. The minimum Gasteiger partial charge on any atom is -0.378 e. The summed E-state index contributed by atoms with van der Waals surface area (Å²) in [5, 5.41) is 3.63. The number of carbonyl (C=O) groups is 1. The van der Waals surface area contributed by atoms with Crippen LogP contribution in [0.5, 0.6) is 0 Å². The number of anilines is 1. The molecule has 0 bridgehead atoms. The van der Waals surface area contributed by atoms with Crippen LogP contribution < -0.4 is 5.32 Å². The van der Waals surface area contributed by atoms with Crippen LogP contribution in [0.4, 0.5) is 18.9 Å². The van der Waals surface area contributed by atoms with Crippen LogP contribution in [0.1, 0.15) is 21.5 Å². The van der Waals surface area contributed by atoms with E-state index >= 15 is 4.39 Å². The number of fused-ring (bicyclic) bond motifs is 1. The number of ketones is 1. The maximum absolute atomic E-state index is 15.2. The molecule has 0 saturated carbocycles. The van der Waals surface area contributed by atoms with E-state index in [4.69, 9.17) is 4.74 Å². The summed E-state index contributed by atoms with van der Waals surface area (Å²) in [4.78, 5) is 13.1. The van der Waals surface area contributed by atoms with E-state index in [9.17, 15) is 13.6 Å². The molecular formula is C29H31F3N2O2Si. The van der Waals surface area contributed by atoms with Crippen LogP contribution in [0.2, 0.25) is 25.7 Å². The van der Waals surface area contributed by atoms with Gasteiger partial charge in [0, 0.05) is 44.8 Å². The van der Waals surface area contributed by atoms with Crippen molar-refractivity contribution in [2.75, 3.05) is 11.9 Å². The van der Waals surface area contributed by atoms with Gasteiger partial charge in [0.05, 0.1) is 16.8 Å². The van der Waals surface area contributed by atoms with Crippen LogP contribution in [0.3, 0.4) is 0 Å². The first-order chi connectivity index (χ1) is 17.6. The third-order valence-electron chi connectivity index (χ3n) is 6.30. The highest BCUT2D eigenvalue weighted by atomic mass is 28.3. The summed E-state index contributed by atoms with van der Waals surface area (Å²) >= 11 is 0. The quantitative estimate of drug-likeness (QED) is 0.126. The summed E-state index contributed by atoms with van der Waals surface area (Å²) < 4.78 is 51.0. The molecule has 194 valence electrons. The number of benzene rings is 3. The highest BCUT2D eigenvalue weighted by molar-refractivity contribution is 6.76. The lowest BCUT2D eigenvalue weighted by Crippen LogP contribution is -2.21. The van der Waals surface area contributed by atoms with Gasteiger partial charge in [0.2, 0.25) is 0 Å². The van der Waals surface area contributed by atoms with Gasteiger partial charge in [0.1, 0.15) is 18.4 Å². The molecule has 0 aliphatic heterocycles. The molecule has 4 rings (SSSR count). The lowest BCUT2D eigenvalue weighted by Gasteiger charge is -2.16. The molecule has 0 aliphatic rings. The molecule has 4 nitrogen and oxygen atoms in total.